The van der Waals surface area contributed by atoms with E-state index < -0.39 is 0 Å². The second-order valence-electron chi connectivity index (χ2n) is 5.95. The molecule has 0 bridgehead atoms. The number of hydrogen-bond donors (Lipinski definition) is 1. The van der Waals surface area contributed by atoms with Crippen LogP contribution in [0.1, 0.15) is 27.3 Å². The molecule has 0 spiro atoms. The van der Waals surface area contributed by atoms with E-state index in [0.717, 1.165) is 17.0 Å². The van der Waals surface area contributed by atoms with Crippen molar-refractivity contribution in [3.05, 3.63) is 65.2 Å². The molecule has 2 aromatic heterocycles. The quantitative estimate of drug-likeness (QED) is 0.747. The van der Waals surface area contributed by atoms with Gasteiger partial charge in [0.1, 0.15) is 11.4 Å². The molecule has 0 unspecified atom stereocenters. The Balaban J connectivity index is 1.55. The lowest BCUT2D eigenvalue weighted by atomic mass is 10.1. The molecule has 3 rings (SSSR count). The van der Waals surface area contributed by atoms with Crippen LogP contribution < -0.4 is 10.1 Å². The molecule has 130 valence electrons. The number of benzene rings is 1. The van der Waals surface area contributed by atoms with Crippen LogP contribution in [0, 0.1) is 13.8 Å². The van der Waals surface area contributed by atoms with E-state index >= 15 is 0 Å². The van der Waals surface area contributed by atoms with Crippen LogP contribution in [0.3, 0.4) is 0 Å². The highest BCUT2D eigenvalue weighted by atomic mass is 16.5. The normalized spacial score (nSPS) is 10.7. The molecule has 25 heavy (non-hydrogen) atoms. The Bertz CT molecular complexity index is 881. The van der Waals surface area contributed by atoms with Gasteiger partial charge in [-0.15, -0.1) is 0 Å². The average molecular weight is 339 g/mol. The molecule has 1 amide bonds. The molecule has 7 nitrogen and oxygen atoms in total. The minimum Gasteiger partial charge on any atom is -0.471 e. The van der Waals surface area contributed by atoms with E-state index in [2.05, 4.69) is 21.6 Å². The van der Waals surface area contributed by atoms with Crippen molar-refractivity contribution in [2.45, 2.75) is 27.1 Å². The number of amides is 1. The summed E-state index contributed by atoms with van der Waals surface area (Å²) < 4.78 is 9.05. The third-order valence-electron chi connectivity index (χ3n) is 3.75. The van der Waals surface area contributed by atoms with E-state index in [1.54, 1.807) is 21.6 Å². The summed E-state index contributed by atoms with van der Waals surface area (Å²) in [6, 6.07) is 9.53. The first-order valence-electron chi connectivity index (χ1n) is 8.01. The Morgan fingerprint density at radius 2 is 2.00 bits per heavy atom. The number of aromatic nitrogens is 4. The average Bonchev–Trinajstić information content (AvgIpc) is 3.21. The molecule has 2 heterocycles. The monoisotopic (exact) mass is 339 g/mol. The van der Waals surface area contributed by atoms with Gasteiger partial charge in [0, 0.05) is 19.4 Å². The number of hydrogen-bond acceptors (Lipinski definition) is 4. The van der Waals surface area contributed by atoms with Gasteiger partial charge >= 0.3 is 0 Å². The molecule has 0 atom stereocenters. The van der Waals surface area contributed by atoms with Gasteiger partial charge in [-0.1, -0.05) is 17.7 Å². The molecule has 1 aromatic carbocycles. The van der Waals surface area contributed by atoms with Crippen LogP contribution in [0.2, 0.25) is 0 Å². The minimum absolute atomic E-state index is 0.240. The summed E-state index contributed by atoms with van der Waals surface area (Å²) in [6.45, 7) is 4.66. The predicted octanol–water partition coefficient (Wildman–Crippen LogP) is 2.20. The highest BCUT2D eigenvalue weighted by Gasteiger charge is 2.10. The van der Waals surface area contributed by atoms with Crippen molar-refractivity contribution in [2.24, 2.45) is 7.05 Å². The van der Waals surface area contributed by atoms with Crippen molar-refractivity contribution in [2.75, 3.05) is 0 Å². The molecule has 0 fully saturated rings. The van der Waals surface area contributed by atoms with Crippen LogP contribution in [0.5, 0.6) is 5.75 Å². The summed E-state index contributed by atoms with van der Waals surface area (Å²) in [5.41, 5.74) is 3.41. The SMILES string of the molecule is Cc1ccc(OCn2ccc(C(=O)NCc3ccn(C)n3)n2)c(C)c1. The van der Waals surface area contributed by atoms with Crippen LogP contribution in [0.15, 0.2) is 42.7 Å². The second kappa shape index (κ2) is 7.21. The Labute approximate surface area is 146 Å². The molecule has 0 saturated carbocycles. The number of nitrogens with one attached hydrogen (secondary N) is 1. The molecule has 0 saturated heterocycles. The smallest absolute Gasteiger partial charge is 0.272 e. The van der Waals surface area contributed by atoms with Gasteiger partial charge in [-0.3, -0.25) is 9.48 Å². The molecule has 0 aliphatic rings. The van der Waals surface area contributed by atoms with Gasteiger partial charge in [0.15, 0.2) is 6.73 Å². The van der Waals surface area contributed by atoms with Crippen molar-refractivity contribution in [1.29, 1.82) is 0 Å². The van der Waals surface area contributed by atoms with Crippen molar-refractivity contribution in [3.63, 3.8) is 0 Å². The van der Waals surface area contributed by atoms with E-state index in [9.17, 15) is 4.79 Å². The van der Waals surface area contributed by atoms with E-state index in [-0.39, 0.29) is 12.6 Å². The Kier molecular flexibility index (Phi) is 4.83. The lowest BCUT2D eigenvalue weighted by Crippen LogP contribution is -2.24. The van der Waals surface area contributed by atoms with E-state index in [0.29, 0.717) is 12.2 Å². The highest BCUT2D eigenvalue weighted by Crippen LogP contribution is 2.19. The van der Waals surface area contributed by atoms with Crippen LogP contribution in [0.25, 0.3) is 0 Å². The first kappa shape index (κ1) is 16.8. The Hall–Kier alpha value is -3.09. The van der Waals surface area contributed by atoms with E-state index in [1.807, 2.05) is 45.3 Å². The molecular formula is C18H21N5O2. The van der Waals surface area contributed by atoms with Crippen molar-refractivity contribution in [1.82, 2.24) is 24.9 Å². The van der Waals surface area contributed by atoms with E-state index in [1.165, 1.54) is 5.56 Å². The largest absolute Gasteiger partial charge is 0.471 e. The zero-order valence-corrected chi connectivity index (χ0v) is 14.6. The molecule has 3 aromatic rings. The fourth-order valence-electron chi connectivity index (χ4n) is 2.47. The van der Waals surface area contributed by atoms with Crippen LogP contribution >= 0.6 is 0 Å². The summed E-state index contributed by atoms with van der Waals surface area (Å²) in [7, 11) is 1.84. The van der Waals surface area contributed by atoms with Gasteiger partial charge in [0.25, 0.3) is 5.91 Å². The maximum Gasteiger partial charge on any atom is 0.272 e. The second-order valence-corrected chi connectivity index (χ2v) is 5.95. The molecule has 0 radical (unpaired) electrons. The van der Waals surface area contributed by atoms with Gasteiger partial charge in [-0.25, -0.2) is 4.68 Å². The maximum atomic E-state index is 12.1. The van der Waals surface area contributed by atoms with Crippen LogP contribution in [-0.2, 0) is 20.3 Å². The number of carbonyl (C=O) groups excluding carboxylic acids is 1. The third-order valence-corrected chi connectivity index (χ3v) is 3.75. The standard InChI is InChI=1S/C18H21N5O2/c1-13-4-5-17(14(2)10-13)25-12-23-9-7-16(21-23)18(24)19-11-15-6-8-22(3)20-15/h4-10H,11-12H2,1-3H3,(H,19,24). The first-order chi connectivity index (χ1) is 12.0. The fraction of sp³-hybridized carbons (Fsp3) is 0.278. The molecular weight excluding hydrogens is 318 g/mol. The number of ether oxygens (including phenoxy) is 1. The predicted molar refractivity (Wildman–Crippen MR) is 93.1 cm³/mol. The Morgan fingerprint density at radius 3 is 2.72 bits per heavy atom. The van der Waals surface area contributed by atoms with Crippen LogP contribution in [-0.4, -0.2) is 25.5 Å². The molecule has 7 heteroatoms. The summed E-state index contributed by atoms with van der Waals surface area (Å²) in [5, 5.41) is 11.3. The van der Waals surface area contributed by atoms with Crippen molar-refractivity contribution >= 4 is 5.91 Å². The lowest BCUT2D eigenvalue weighted by Gasteiger charge is -2.09. The van der Waals surface area contributed by atoms with Crippen LogP contribution in [0.4, 0.5) is 0 Å². The topological polar surface area (TPSA) is 74.0 Å². The van der Waals surface area contributed by atoms with Gasteiger partial charge in [-0.05, 0) is 37.6 Å². The molecule has 0 aliphatic carbocycles. The number of rotatable bonds is 6. The summed E-state index contributed by atoms with van der Waals surface area (Å²) in [4.78, 5) is 12.1. The first-order valence-corrected chi connectivity index (χ1v) is 8.01. The lowest BCUT2D eigenvalue weighted by molar-refractivity contribution is 0.0943. The number of aryl methyl sites for hydroxylation is 3. The minimum atomic E-state index is -0.240. The van der Waals surface area contributed by atoms with E-state index in [4.69, 9.17) is 4.74 Å². The summed E-state index contributed by atoms with van der Waals surface area (Å²) >= 11 is 0. The zero-order valence-electron chi connectivity index (χ0n) is 14.6. The van der Waals surface area contributed by atoms with Crippen molar-refractivity contribution < 1.29 is 9.53 Å². The zero-order chi connectivity index (χ0) is 17.8. The number of nitrogens with zero attached hydrogens (tertiary/aromatic N) is 4. The highest BCUT2D eigenvalue weighted by molar-refractivity contribution is 5.92. The van der Waals surface area contributed by atoms with Crippen molar-refractivity contribution in [3.8, 4) is 5.75 Å². The summed E-state index contributed by atoms with van der Waals surface area (Å²) in [5.74, 6) is 0.568. The van der Waals surface area contributed by atoms with Gasteiger partial charge in [0.2, 0.25) is 0 Å². The maximum absolute atomic E-state index is 12.1. The third kappa shape index (κ3) is 4.26. The molecule has 1 N–H and O–H groups in total. The van der Waals surface area contributed by atoms with Gasteiger partial charge < -0.3 is 10.1 Å². The van der Waals surface area contributed by atoms with Gasteiger partial charge in [-0.2, -0.15) is 10.2 Å². The Morgan fingerprint density at radius 1 is 1.16 bits per heavy atom. The van der Waals surface area contributed by atoms with Gasteiger partial charge in [0.05, 0.1) is 12.2 Å². The number of carbonyl (C=O) groups is 1. The fourth-order valence-corrected chi connectivity index (χ4v) is 2.47. The summed E-state index contributed by atoms with van der Waals surface area (Å²) in [6.07, 6.45) is 3.56. The molecule has 0 aliphatic heterocycles.